The molecule has 0 radical (unpaired) electrons. The fraction of sp³-hybridized carbons (Fsp3) is 0.632. The summed E-state index contributed by atoms with van der Waals surface area (Å²) in [6, 6.07) is 6.07. The van der Waals surface area contributed by atoms with Crippen molar-refractivity contribution in [2.45, 2.75) is 60.1 Å². The van der Waals surface area contributed by atoms with Gasteiger partial charge in [0.15, 0.2) is 0 Å². The Balaban J connectivity index is 2.74. The molecule has 1 rings (SSSR count). The quantitative estimate of drug-likeness (QED) is 0.803. The van der Waals surface area contributed by atoms with Crippen molar-refractivity contribution in [1.29, 1.82) is 0 Å². The van der Waals surface area contributed by atoms with E-state index in [-0.39, 0.29) is 23.2 Å². The number of ether oxygens (including phenoxy) is 1. The molecule has 3 nitrogen and oxygen atoms in total. The van der Waals surface area contributed by atoms with Crippen LogP contribution in [0.4, 0.5) is 4.39 Å². The Labute approximate surface area is 139 Å². The molecule has 0 saturated heterocycles. The molecule has 4 heteroatoms. The Hall–Kier alpha value is -1.42. The molecule has 130 valence electrons. The van der Waals surface area contributed by atoms with Crippen molar-refractivity contribution < 1.29 is 13.9 Å². The van der Waals surface area contributed by atoms with Crippen LogP contribution in [0.25, 0.3) is 0 Å². The van der Waals surface area contributed by atoms with E-state index in [0.717, 1.165) is 12.0 Å². The molecule has 0 aliphatic carbocycles. The first-order valence-electron chi connectivity index (χ1n) is 8.28. The van der Waals surface area contributed by atoms with Crippen molar-refractivity contribution in [2.24, 2.45) is 11.3 Å². The van der Waals surface area contributed by atoms with E-state index in [0.29, 0.717) is 12.5 Å². The van der Waals surface area contributed by atoms with E-state index in [1.807, 2.05) is 20.8 Å². The second kappa shape index (κ2) is 8.44. The van der Waals surface area contributed by atoms with Gasteiger partial charge < -0.3 is 10.1 Å². The summed E-state index contributed by atoms with van der Waals surface area (Å²) in [7, 11) is 0. The average Bonchev–Trinajstić information content (AvgIpc) is 2.44. The maximum absolute atomic E-state index is 13.1. The van der Waals surface area contributed by atoms with Crippen molar-refractivity contribution in [2.75, 3.05) is 6.61 Å². The number of carbonyl (C=O) groups is 1. The summed E-state index contributed by atoms with van der Waals surface area (Å²) in [6.45, 7) is 12.7. The lowest BCUT2D eigenvalue weighted by Gasteiger charge is -2.33. The van der Waals surface area contributed by atoms with E-state index in [4.69, 9.17) is 4.74 Å². The molecular weight excluding hydrogens is 293 g/mol. The van der Waals surface area contributed by atoms with Gasteiger partial charge in [-0.2, -0.15) is 0 Å². The molecule has 1 N–H and O–H groups in total. The normalized spacial score (nSPS) is 14.6. The molecule has 1 amide bonds. The van der Waals surface area contributed by atoms with Gasteiger partial charge in [-0.3, -0.25) is 4.79 Å². The van der Waals surface area contributed by atoms with E-state index < -0.39 is 6.10 Å². The Morgan fingerprint density at radius 1 is 1.17 bits per heavy atom. The maximum atomic E-state index is 13.1. The van der Waals surface area contributed by atoms with Crippen molar-refractivity contribution >= 4 is 5.91 Å². The Bertz CT molecular complexity index is 491. The van der Waals surface area contributed by atoms with Crippen molar-refractivity contribution in [3.63, 3.8) is 0 Å². The molecule has 0 heterocycles. The number of benzene rings is 1. The minimum Gasteiger partial charge on any atom is -0.369 e. The van der Waals surface area contributed by atoms with Gasteiger partial charge in [0.05, 0.1) is 6.04 Å². The zero-order chi connectivity index (χ0) is 17.6. The third kappa shape index (κ3) is 6.69. The number of halogens is 1. The molecule has 0 spiro atoms. The lowest BCUT2D eigenvalue weighted by atomic mass is 9.82. The van der Waals surface area contributed by atoms with Crippen LogP contribution < -0.4 is 5.32 Å². The molecule has 0 aliphatic rings. The molecule has 0 aromatic heterocycles. The smallest absolute Gasteiger partial charge is 0.249 e. The van der Waals surface area contributed by atoms with Crippen LogP contribution in [0.2, 0.25) is 0 Å². The summed E-state index contributed by atoms with van der Waals surface area (Å²) >= 11 is 0. The number of nitrogens with one attached hydrogen (secondary N) is 1. The highest BCUT2D eigenvalue weighted by atomic mass is 19.1. The number of hydrogen-bond acceptors (Lipinski definition) is 2. The van der Waals surface area contributed by atoms with Crippen LogP contribution in [0.15, 0.2) is 24.3 Å². The zero-order valence-corrected chi connectivity index (χ0v) is 15.2. The van der Waals surface area contributed by atoms with E-state index in [2.05, 4.69) is 19.2 Å². The van der Waals surface area contributed by atoms with E-state index in [1.165, 1.54) is 12.1 Å². The van der Waals surface area contributed by atoms with E-state index >= 15 is 0 Å². The first kappa shape index (κ1) is 19.6. The predicted octanol–water partition coefficient (Wildman–Crippen LogP) is 4.48. The van der Waals surface area contributed by atoms with Crippen LogP contribution in [0, 0.1) is 17.2 Å². The summed E-state index contributed by atoms with van der Waals surface area (Å²) in [5.41, 5.74) is 0.701. The first-order valence-corrected chi connectivity index (χ1v) is 8.28. The molecular formula is C19H30FNO2. The molecule has 23 heavy (non-hydrogen) atoms. The second-order valence-electron chi connectivity index (χ2n) is 7.55. The third-order valence-corrected chi connectivity index (χ3v) is 3.79. The zero-order valence-electron chi connectivity index (χ0n) is 15.2. The van der Waals surface area contributed by atoms with Gasteiger partial charge in [0, 0.05) is 6.61 Å². The molecule has 0 aliphatic heterocycles. The maximum Gasteiger partial charge on any atom is 0.249 e. The molecule has 0 fully saturated rings. The highest BCUT2D eigenvalue weighted by molar-refractivity contribution is 5.80. The fourth-order valence-electron chi connectivity index (χ4n) is 2.27. The third-order valence-electron chi connectivity index (χ3n) is 3.79. The summed E-state index contributed by atoms with van der Waals surface area (Å²) in [4.78, 5) is 12.4. The topological polar surface area (TPSA) is 38.3 Å². The van der Waals surface area contributed by atoms with Crippen LogP contribution in [-0.4, -0.2) is 18.6 Å². The van der Waals surface area contributed by atoms with Crippen molar-refractivity contribution in [3.8, 4) is 0 Å². The van der Waals surface area contributed by atoms with Gasteiger partial charge in [0.25, 0.3) is 0 Å². The predicted molar refractivity (Wildman–Crippen MR) is 91.6 cm³/mol. The minimum atomic E-state index is -0.501. The van der Waals surface area contributed by atoms with Crippen LogP contribution in [0.3, 0.4) is 0 Å². The Morgan fingerprint density at radius 2 is 1.74 bits per heavy atom. The summed E-state index contributed by atoms with van der Waals surface area (Å²) < 4.78 is 18.7. The summed E-state index contributed by atoms with van der Waals surface area (Å²) in [5, 5.41) is 3.04. The number of hydrogen-bond donors (Lipinski definition) is 1. The van der Waals surface area contributed by atoms with Crippen LogP contribution in [0.5, 0.6) is 0 Å². The first-order chi connectivity index (χ1) is 10.6. The fourth-order valence-corrected chi connectivity index (χ4v) is 2.27. The number of carbonyl (C=O) groups excluding carboxylic acids is 1. The Morgan fingerprint density at radius 3 is 2.22 bits per heavy atom. The molecule has 0 saturated carbocycles. The van der Waals surface area contributed by atoms with E-state index in [9.17, 15) is 9.18 Å². The molecule has 0 bridgehead atoms. The lowest BCUT2D eigenvalue weighted by molar-refractivity contribution is -0.133. The van der Waals surface area contributed by atoms with Crippen LogP contribution in [0.1, 0.15) is 59.6 Å². The van der Waals surface area contributed by atoms with Crippen LogP contribution in [-0.2, 0) is 9.53 Å². The lowest BCUT2D eigenvalue weighted by Crippen LogP contribution is -2.42. The number of rotatable bonds is 7. The van der Waals surface area contributed by atoms with Crippen LogP contribution >= 0.6 is 0 Å². The van der Waals surface area contributed by atoms with Gasteiger partial charge in [-0.1, -0.05) is 46.8 Å². The van der Waals surface area contributed by atoms with Gasteiger partial charge in [0.1, 0.15) is 11.9 Å². The highest BCUT2D eigenvalue weighted by Crippen LogP contribution is 2.32. The van der Waals surface area contributed by atoms with Crippen molar-refractivity contribution in [3.05, 3.63) is 35.6 Å². The molecule has 2 unspecified atom stereocenters. The summed E-state index contributed by atoms with van der Waals surface area (Å²) in [5.74, 6) is 0.128. The van der Waals surface area contributed by atoms with Gasteiger partial charge in [-0.05, 0) is 42.4 Å². The monoisotopic (exact) mass is 323 g/mol. The molecule has 1 aromatic rings. The van der Waals surface area contributed by atoms with Gasteiger partial charge in [0.2, 0.25) is 5.91 Å². The highest BCUT2D eigenvalue weighted by Gasteiger charge is 2.29. The van der Waals surface area contributed by atoms with Gasteiger partial charge in [-0.15, -0.1) is 0 Å². The minimum absolute atomic E-state index is 0.141. The van der Waals surface area contributed by atoms with Gasteiger partial charge >= 0.3 is 0 Å². The SMILES string of the molecule is CC(C)CCOC(C)C(=O)NC(c1ccc(F)cc1)C(C)(C)C. The van der Waals surface area contributed by atoms with E-state index in [1.54, 1.807) is 19.1 Å². The largest absolute Gasteiger partial charge is 0.369 e. The summed E-state index contributed by atoms with van der Waals surface area (Å²) in [6.07, 6.45) is 0.428. The Kier molecular flexibility index (Phi) is 7.20. The van der Waals surface area contributed by atoms with Gasteiger partial charge in [-0.25, -0.2) is 4.39 Å². The number of amides is 1. The standard InChI is InChI=1S/C19H30FNO2/c1-13(2)11-12-23-14(3)18(22)21-17(19(4,5)6)15-7-9-16(20)10-8-15/h7-10,13-14,17H,11-12H2,1-6H3,(H,21,22). The molecule has 1 aromatic carbocycles. The average molecular weight is 323 g/mol. The molecule has 2 atom stereocenters. The second-order valence-corrected chi connectivity index (χ2v) is 7.55. The van der Waals surface area contributed by atoms with Crippen molar-refractivity contribution in [1.82, 2.24) is 5.32 Å².